The predicted molar refractivity (Wildman–Crippen MR) is 109 cm³/mol. The Labute approximate surface area is 164 Å². The highest BCUT2D eigenvalue weighted by molar-refractivity contribution is 5.96. The maximum atomic E-state index is 12.8. The van der Waals surface area contributed by atoms with Gasteiger partial charge < -0.3 is 15.2 Å². The maximum Gasteiger partial charge on any atom is 0.252 e. The lowest BCUT2D eigenvalue weighted by Crippen LogP contribution is -2.31. The Morgan fingerprint density at radius 2 is 1.68 bits per heavy atom. The van der Waals surface area contributed by atoms with Crippen LogP contribution in [0, 0.1) is 5.92 Å². The molecule has 0 fully saturated rings. The highest BCUT2D eigenvalue weighted by atomic mass is 16.2. The van der Waals surface area contributed by atoms with E-state index in [1.165, 1.54) is 0 Å². The van der Waals surface area contributed by atoms with Crippen molar-refractivity contribution in [3.05, 3.63) is 83.9 Å². The van der Waals surface area contributed by atoms with Crippen molar-refractivity contribution < 1.29 is 9.59 Å². The first-order chi connectivity index (χ1) is 13.5. The van der Waals surface area contributed by atoms with E-state index in [0.29, 0.717) is 11.3 Å². The van der Waals surface area contributed by atoms with Crippen LogP contribution in [-0.4, -0.2) is 21.4 Å². The van der Waals surface area contributed by atoms with Crippen LogP contribution in [0.25, 0.3) is 0 Å². The fraction of sp³-hybridized carbons (Fsp3) is 0.227. The summed E-state index contributed by atoms with van der Waals surface area (Å²) >= 11 is 0. The van der Waals surface area contributed by atoms with E-state index in [4.69, 9.17) is 0 Å². The average Bonchev–Trinajstić information content (AvgIpc) is 3.12. The molecule has 0 aliphatic heterocycles. The van der Waals surface area contributed by atoms with Crippen LogP contribution in [0.2, 0.25) is 0 Å². The van der Waals surface area contributed by atoms with E-state index in [-0.39, 0.29) is 23.8 Å². The zero-order valence-corrected chi connectivity index (χ0v) is 16.2. The second-order valence-electron chi connectivity index (χ2n) is 6.93. The minimum atomic E-state index is -0.367. The summed E-state index contributed by atoms with van der Waals surface area (Å²) in [6, 6.07) is 16.2. The van der Waals surface area contributed by atoms with E-state index in [0.717, 1.165) is 11.4 Å². The fourth-order valence-corrected chi connectivity index (χ4v) is 2.80. The molecule has 0 radical (unpaired) electrons. The number of rotatable bonds is 6. The first kappa shape index (κ1) is 19.4. The topological polar surface area (TPSA) is 76.0 Å². The van der Waals surface area contributed by atoms with Gasteiger partial charge in [0.15, 0.2) is 0 Å². The van der Waals surface area contributed by atoms with Crippen LogP contribution in [0.15, 0.2) is 67.0 Å². The standard InChI is InChI=1S/C22H24N4O2/c1-15(2)21(27)24-18-11-9-17(10-12-18)22(28)25-19(16-7-5-4-6-8-16)20-23-13-14-26(20)3/h4-15,19H,1-3H3,(H,24,27)(H,25,28). The number of aromatic nitrogens is 2. The third kappa shape index (κ3) is 4.46. The molecule has 6 heteroatoms. The van der Waals surface area contributed by atoms with E-state index in [1.54, 1.807) is 30.5 Å². The van der Waals surface area contributed by atoms with Crippen molar-refractivity contribution in [1.82, 2.24) is 14.9 Å². The smallest absolute Gasteiger partial charge is 0.252 e. The van der Waals surface area contributed by atoms with Crippen LogP contribution in [-0.2, 0) is 11.8 Å². The van der Waals surface area contributed by atoms with E-state index in [2.05, 4.69) is 15.6 Å². The van der Waals surface area contributed by atoms with Crippen molar-refractivity contribution in [3.8, 4) is 0 Å². The molecule has 0 saturated heterocycles. The summed E-state index contributed by atoms with van der Waals surface area (Å²) in [5.41, 5.74) is 2.13. The Hall–Kier alpha value is -3.41. The summed E-state index contributed by atoms with van der Waals surface area (Å²) in [6.45, 7) is 3.66. The van der Waals surface area contributed by atoms with Crippen molar-refractivity contribution in [3.63, 3.8) is 0 Å². The van der Waals surface area contributed by atoms with Crippen molar-refractivity contribution in [1.29, 1.82) is 0 Å². The second kappa shape index (κ2) is 8.52. The molecule has 28 heavy (non-hydrogen) atoms. The molecular weight excluding hydrogens is 352 g/mol. The van der Waals surface area contributed by atoms with E-state index >= 15 is 0 Å². The van der Waals surface area contributed by atoms with Gasteiger partial charge in [-0.15, -0.1) is 0 Å². The SMILES string of the molecule is CC(C)C(=O)Nc1ccc(C(=O)NC(c2ccccc2)c2nccn2C)cc1. The minimum Gasteiger partial charge on any atom is -0.338 e. The minimum absolute atomic E-state index is 0.0591. The molecule has 2 N–H and O–H groups in total. The molecule has 1 atom stereocenters. The molecular formula is C22H24N4O2. The summed E-state index contributed by atoms with van der Waals surface area (Å²) in [6.07, 6.45) is 3.56. The van der Waals surface area contributed by atoms with Gasteiger partial charge in [0.1, 0.15) is 11.9 Å². The van der Waals surface area contributed by atoms with Crippen molar-refractivity contribution in [2.24, 2.45) is 13.0 Å². The molecule has 0 spiro atoms. The van der Waals surface area contributed by atoms with Gasteiger partial charge in [0, 0.05) is 36.6 Å². The lowest BCUT2D eigenvalue weighted by molar-refractivity contribution is -0.118. The van der Waals surface area contributed by atoms with Crippen LogP contribution in [0.4, 0.5) is 5.69 Å². The van der Waals surface area contributed by atoms with Gasteiger partial charge in [0.05, 0.1) is 0 Å². The molecule has 2 amide bonds. The first-order valence-electron chi connectivity index (χ1n) is 9.19. The molecule has 0 saturated carbocycles. The summed E-state index contributed by atoms with van der Waals surface area (Å²) < 4.78 is 1.89. The molecule has 0 aliphatic carbocycles. The molecule has 1 unspecified atom stereocenters. The van der Waals surface area contributed by atoms with E-state index in [9.17, 15) is 9.59 Å². The van der Waals surface area contributed by atoms with Crippen LogP contribution < -0.4 is 10.6 Å². The molecule has 144 valence electrons. The number of aryl methyl sites for hydroxylation is 1. The molecule has 3 rings (SSSR count). The van der Waals surface area contributed by atoms with Crippen LogP contribution in [0.5, 0.6) is 0 Å². The quantitative estimate of drug-likeness (QED) is 0.691. The van der Waals surface area contributed by atoms with Crippen molar-refractivity contribution in [2.45, 2.75) is 19.9 Å². The Morgan fingerprint density at radius 3 is 2.25 bits per heavy atom. The fourth-order valence-electron chi connectivity index (χ4n) is 2.80. The number of hydrogen-bond donors (Lipinski definition) is 2. The third-order valence-corrected chi connectivity index (χ3v) is 4.46. The molecule has 0 aliphatic rings. The third-order valence-electron chi connectivity index (χ3n) is 4.46. The lowest BCUT2D eigenvalue weighted by atomic mass is 10.1. The van der Waals surface area contributed by atoms with Crippen LogP contribution in [0.1, 0.15) is 41.6 Å². The van der Waals surface area contributed by atoms with Crippen LogP contribution in [0.3, 0.4) is 0 Å². The number of carbonyl (C=O) groups is 2. The van der Waals surface area contributed by atoms with Gasteiger partial charge >= 0.3 is 0 Å². The molecule has 1 aromatic heterocycles. The Kier molecular flexibility index (Phi) is 5.89. The van der Waals surface area contributed by atoms with E-state index < -0.39 is 0 Å². The summed E-state index contributed by atoms with van der Waals surface area (Å²) in [5, 5.41) is 5.88. The molecule has 2 aromatic carbocycles. The average molecular weight is 376 g/mol. The molecule has 0 bridgehead atoms. The van der Waals surface area contributed by atoms with E-state index in [1.807, 2.05) is 62.0 Å². The first-order valence-corrected chi connectivity index (χ1v) is 9.19. The van der Waals surface area contributed by atoms with Crippen LogP contribution >= 0.6 is 0 Å². The molecule has 1 heterocycles. The zero-order chi connectivity index (χ0) is 20.1. The number of carbonyl (C=O) groups excluding carboxylic acids is 2. The monoisotopic (exact) mass is 376 g/mol. The van der Waals surface area contributed by atoms with Gasteiger partial charge in [0.25, 0.3) is 5.91 Å². The lowest BCUT2D eigenvalue weighted by Gasteiger charge is -2.19. The van der Waals surface area contributed by atoms with Gasteiger partial charge in [-0.3, -0.25) is 9.59 Å². The van der Waals surface area contributed by atoms with Crippen molar-refractivity contribution in [2.75, 3.05) is 5.32 Å². The summed E-state index contributed by atoms with van der Waals surface area (Å²) in [5.74, 6) is 0.377. The number of hydrogen-bond acceptors (Lipinski definition) is 3. The second-order valence-corrected chi connectivity index (χ2v) is 6.93. The number of imidazole rings is 1. The van der Waals surface area contributed by atoms with Gasteiger partial charge in [-0.25, -0.2) is 4.98 Å². The highest BCUT2D eigenvalue weighted by Crippen LogP contribution is 2.21. The molecule has 3 aromatic rings. The predicted octanol–water partition coefficient (Wildman–Crippen LogP) is 3.53. The molecule has 6 nitrogen and oxygen atoms in total. The highest BCUT2D eigenvalue weighted by Gasteiger charge is 2.21. The van der Waals surface area contributed by atoms with Gasteiger partial charge in [-0.2, -0.15) is 0 Å². The number of amides is 2. The Morgan fingerprint density at radius 1 is 1.00 bits per heavy atom. The van der Waals surface area contributed by atoms with Gasteiger partial charge in [0.2, 0.25) is 5.91 Å². The number of benzene rings is 2. The number of anilines is 1. The Bertz CT molecular complexity index is 946. The van der Waals surface area contributed by atoms with Gasteiger partial charge in [-0.05, 0) is 29.8 Å². The zero-order valence-electron chi connectivity index (χ0n) is 16.2. The Balaban J connectivity index is 1.79. The normalized spacial score (nSPS) is 11.9. The maximum absolute atomic E-state index is 12.8. The number of nitrogens with zero attached hydrogens (tertiary/aromatic N) is 2. The van der Waals surface area contributed by atoms with Gasteiger partial charge in [-0.1, -0.05) is 44.2 Å². The summed E-state index contributed by atoms with van der Waals surface area (Å²) in [4.78, 5) is 29.0. The summed E-state index contributed by atoms with van der Waals surface area (Å²) in [7, 11) is 1.90. The number of nitrogens with one attached hydrogen (secondary N) is 2. The largest absolute Gasteiger partial charge is 0.338 e. The van der Waals surface area contributed by atoms with Crippen molar-refractivity contribution >= 4 is 17.5 Å².